The number of hydrogen-bond acceptors (Lipinski definition) is 3. The third kappa shape index (κ3) is 2.35. The van der Waals surface area contributed by atoms with Crippen LogP contribution in [-0.2, 0) is 4.74 Å². The molecule has 1 atom stereocenters. The average molecular weight is 250 g/mol. The molecule has 3 rings (SSSR count). The SMILES string of the molecule is Fc1ccc(C2CCNC2)c(N2CCOCC2)c1. The number of nitrogens with zero attached hydrogens (tertiary/aromatic N) is 1. The minimum absolute atomic E-state index is 0.147. The first-order valence-electron chi connectivity index (χ1n) is 6.67. The smallest absolute Gasteiger partial charge is 0.125 e. The molecule has 18 heavy (non-hydrogen) atoms. The van der Waals surface area contributed by atoms with Crippen molar-refractivity contribution in [1.82, 2.24) is 5.32 Å². The Morgan fingerprint density at radius 1 is 1.28 bits per heavy atom. The molecule has 4 heteroatoms. The van der Waals surface area contributed by atoms with Crippen LogP contribution < -0.4 is 10.2 Å². The van der Waals surface area contributed by atoms with Gasteiger partial charge >= 0.3 is 0 Å². The van der Waals surface area contributed by atoms with E-state index >= 15 is 0 Å². The lowest BCUT2D eigenvalue weighted by molar-refractivity contribution is 0.122. The van der Waals surface area contributed by atoms with Crippen LogP contribution in [0.5, 0.6) is 0 Å². The minimum atomic E-state index is -0.147. The fraction of sp³-hybridized carbons (Fsp3) is 0.571. The van der Waals surface area contributed by atoms with Crippen molar-refractivity contribution in [3.63, 3.8) is 0 Å². The van der Waals surface area contributed by atoms with E-state index in [1.165, 1.54) is 5.56 Å². The highest BCUT2D eigenvalue weighted by Gasteiger charge is 2.23. The fourth-order valence-electron chi connectivity index (χ4n) is 2.86. The summed E-state index contributed by atoms with van der Waals surface area (Å²) in [6, 6.07) is 5.22. The van der Waals surface area contributed by atoms with E-state index in [0.717, 1.165) is 51.5 Å². The van der Waals surface area contributed by atoms with Gasteiger partial charge in [-0.15, -0.1) is 0 Å². The molecule has 2 aliphatic rings. The van der Waals surface area contributed by atoms with Gasteiger partial charge in [-0.3, -0.25) is 0 Å². The molecule has 1 N–H and O–H groups in total. The van der Waals surface area contributed by atoms with E-state index in [1.807, 2.05) is 6.07 Å². The lowest BCUT2D eigenvalue weighted by Crippen LogP contribution is -2.37. The first kappa shape index (κ1) is 11.9. The zero-order valence-corrected chi connectivity index (χ0v) is 10.5. The number of hydrogen-bond donors (Lipinski definition) is 1. The lowest BCUT2D eigenvalue weighted by Gasteiger charge is -2.31. The predicted molar refractivity (Wildman–Crippen MR) is 69.7 cm³/mol. The second kappa shape index (κ2) is 5.24. The molecule has 0 amide bonds. The van der Waals surface area contributed by atoms with Crippen molar-refractivity contribution in [2.24, 2.45) is 0 Å². The summed E-state index contributed by atoms with van der Waals surface area (Å²) in [5.74, 6) is 0.370. The lowest BCUT2D eigenvalue weighted by atomic mass is 9.95. The average Bonchev–Trinajstić information content (AvgIpc) is 2.93. The largest absolute Gasteiger partial charge is 0.378 e. The minimum Gasteiger partial charge on any atom is -0.378 e. The van der Waals surface area contributed by atoms with Crippen molar-refractivity contribution >= 4 is 5.69 Å². The Morgan fingerprint density at radius 2 is 2.11 bits per heavy atom. The summed E-state index contributed by atoms with van der Waals surface area (Å²) in [4.78, 5) is 2.25. The van der Waals surface area contributed by atoms with Crippen molar-refractivity contribution in [2.45, 2.75) is 12.3 Å². The Labute approximate surface area is 107 Å². The summed E-state index contributed by atoms with van der Waals surface area (Å²) in [5, 5.41) is 3.38. The molecule has 2 saturated heterocycles. The number of anilines is 1. The van der Waals surface area contributed by atoms with E-state index in [-0.39, 0.29) is 5.82 Å². The maximum absolute atomic E-state index is 13.5. The molecule has 2 fully saturated rings. The van der Waals surface area contributed by atoms with Gasteiger partial charge in [0, 0.05) is 25.3 Å². The van der Waals surface area contributed by atoms with Crippen LogP contribution >= 0.6 is 0 Å². The first-order chi connectivity index (χ1) is 8.84. The Bertz CT molecular complexity index is 412. The molecule has 1 unspecified atom stereocenters. The molecule has 2 heterocycles. The normalized spacial score (nSPS) is 24.5. The van der Waals surface area contributed by atoms with E-state index in [9.17, 15) is 4.39 Å². The number of halogens is 1. The zero-order chi connectivity index (χ0) is 12.4. The Morgan fingerprint density at radius 3 is 2.83 bits per heavy atom. The van der Waals surface area contributed by atoms with Crippen molar-refractivity contribution in [3.8, 4) is 0 Å². The Balaban J connectivity index is 1.91. The Kier molecular flexibility index (Phi) is 3.48. The van der Waals surface area contributed by atoms with Crippen LogP contribution in [0.3, 0.4) is 0 Å². The van der Waals surface area contributed by atoms with Gasteiger partial charge in [-0.25, -0.2) is 4.39 Å². The molecule has 0 bridgehead atoms. The van der Waals surface area contributed by atoms with E-state index in [0.29, 0.717) is 5.92 Å². The number of nitrogens with one attached hydrogen (secondary N) is 1. The summed E-state index contributed by atoms with van der Waals surface area (Å²) in [6.07, 6.45) is 1.14. The molecule has 0 aliphatic carbocycles. The molecule has 1 aromatic rings. The van der Waals surface area contributed by atoms with E-state index < -0.39 is 0 Å². The third-order valence-corrected chi connectivity index (χ3v) is 3.84. The van der Waals surface area contributed by atoms with Gasteiger partial charge in [0.1, 0.15) is 5.82 Å². The topological polar surface area (TPSA) is 24.5 Å². The molecular weight excluding hydrogens is 231 g/mol. The van der Waals surface area contributed by atoms with Crippen LogP contribution in [0.1, 0.15) is 17.9 Å². The van der Waals surface area contributed by atoms with Crippen LogP contribution in [0.25, 0.3) is 0 Å². The van der Waals surface area contributed by atoms with Gasteiger partial charge in [0.05, 0.1) is 13.2 Å². The summed E-state index contributed by atoms with van der Waals surface area (Å²) < 4.78 is 18.9. The second-order valence-corrected chi connectivity index (χ2v) is 4.99. The second-order valence-electron chi connectivity index (χ2n) is 4.99. The summed E-state index contributed by atoms with van der Waals surface area (Å²) in [5.41, 5.74) is 2.34. The number of rotatable bonds is 2. The van der Waals surface area contributed by atoms with Crippen LogP contribution in [-0.4, -0.2) is 39.4 Å². The maximum atomic E-state index is 13.5. The van der Waals surface area contributed by atoms with Crippen LogP contribution in [0.15, 0.2) is 18.2 Å². The molecule has 1 aromatic carbocycles. The van der Waals surface area contributed by atoms with Gasteiger partial charge in [-0.05, 0) is 36.6 Å². The van der Waals surface area contributed by atoms with Crippen molar-refractivity contribution in [2.75, 3.05) is 44.3 Å². The highest BCUT2D eigenvalue weighted by Crippen LogP contribution is 2.32. The molecule has 2 aliphatic heterocycles. The van der Waals surface area contributed by atoms with Crippen LogP contribution in [0, 0.1) is 5.82 Å². The van der Waals surface area contributed by atoms with Crippen LogP contribution in [0.2, 0.25) is 0 Å². The van der Waals surface area contributed by atoms with Gasteiger partial charge in [0.25, 0.3) is 0 Å². The van der Waals surface area contributed by atoms with E-state index in [1.54, 1.807) is 12.1 Å². The van der Waals surface area contributed by atoms with Crippen molar-refractivity contribution in [3.05, 3.63) is 29.6 Å². The van der Waals surface area contributed by atoms with Gasteiger partial charge in [0.15, 0.2) is 0 Å². The molecule has 0 spiro atoms. The maximum Gasteiger partial charge on any atom is 0.125 e. The number of morpholine rings is 1. The number of ether oxygens (including phenoxy) is 1. The van der Waals surface area contributed by atoms with Gasteiger partial charge < -0.3 is 15.0 Å². The first-order valence-corrected chi connectivity index (χ1v) is 6.67. The highest BCUT2D eigenvalue weighted by atomic mass is 19.1. The van der Waals surface area contributed by atoms with Crippen molar-refractivity contribution in [1.29, 1.82) is 0 Å². The molecular formula is C14H19FN2O. The highest BCUT2D eigenvalue weighted by molar-refractivity contribution is 5.56. The zero-order valence-electron chi connectivity index (χ0n) is 10.5. The molecule has 0 saturated carbocycles. The standard InChI is InChI=1S/C14H19FN2O/c15-12-1-2-13(11-3-4-16-10-11)14(9-12)17-5-7-18-8-6-17/h1-2,9,11,16H,3-8,10H2. The predicted octanol–water partition coefficient (Wildman–Crippen LogP) is 1.74. The monoisotopic (exact) mass is 250 g/mol. The summed E-state index contributed by atoms with van der Waals surface area (Å²) >= 11 is 0. The molecule has 3 nitrogen and oxygen atoms in total. The van der Waals surface area contributed by atoms with Gasteiger partial charge in [-0.2, -0.15) is 0 Å². The fourth-order valence-corrected chi connectivity index (χ4v) is 2.86. The van der Waals surface area contributed by atoms with E-state index in [4.69, 9.17) is 4.74 Å². The van der Waals surface area contributed by atoms with Crippen molar-refractivity contribution < 1.29 is 9.13 Å². The van der Waals surface area contributed by atoms with Crippen LogP contribution in [0.4, 0.5) is 10.1 Å². The summed E-state index contributed by atoms with van der Waals surface area (Å²) in [7, 11) is 0. The number of benzene rings is 1. The summed E-state index contributed by atoms with van der Waals surface area (Å²) in [6.45, 7) is 5.25. The molecule has 98 valence electrons. The molecule has 0 aromatic heterocycles. The third-order valence-electron chi connectivity index (χ3n) is 3.84. The molecule has 0 radical (unpaired) electrons. The van der Waals surface area contributed by atoms with E-state index in [2.05, 4.69) is 10.2 Å². The Hall–Kier alpha value is -1.13. The quantitative estimate of drug-likeness (QED) is 0.865. The van der Waals surface area contributed by atoms with Gasteiger partial charge in [-0.1, -0.05) is 6.07 Å². The van der Waals surface area contributed by atoms with Gasteiger partial charge in [0.2, 0.25) is 0 Å².